The van der Waals surface area contributed by atoms with Gasteiger partial charge < -0.3 is 9.47 Å². The van der Waals surface area contributed by atoms with Crippen molar-refractivity contribution in [3.8, 4) is 0 Å². The highest BCUT2D eigenvalue weighted by Gasteiger charge is 2.13. The highest BCUT2D eigenvalue weighted by Crippen LogP contribution is 2.15. The van der Waals surface area contributed by atoms with Crippen LogP contribution in [0.25, 0.3) is 0 Å². The Bertz CT molecular complexity index is 302. The summed E-state index contributed by atoms with van der Waals surface area (Å²) in [5.41, 5.74) is 0.194. The minimum Gasteiger partial charge on any atom is -0.463 e. The molecule has 0 unspecified atom stereocenters. The standard InChI is InChI=1S/C8H10O4.C6H12/c1-5(2)7(9)12-6(3)8(10)11-4;1-2-4-6-5-3-1/h1,3H2,2,4H3;1-6H2. The number of carbonyl (C=O) groups is 2. The molecule has 1 aliphatic carbocycles. The maximum absolute atomic E-state index is 10.8. The van der Waals surface area contributed by atoms with Gasteiger partial charge in [-0.1, -0.05) is 45.1 Å². The number of methoxy groups -OCH3 is 1. The van der Waals surface area contributed by atoms with Crippen molar-refractivity contribution in [1.82, 2.24) is 0 Å². The van der Waals surface area contributed by atoms with Crippen LogP contribution in [0.2, 0.25) is 0 Å². The van der Waals surface area contributed by atoms with Gasteiger partial charge in [0, 0.05) is 5.57 Å². The molecule has 0 amide bonds. The summed E-state index contributed by atoms with van der Waals surface area (Å²) < 4.78 is 8.70. The number of esters is 2. The number of ether oxygens (including phenoxy) is 2. The van der Waals surface area contributed by atoms with Gasteiger partial charge in [0.1, 0.15) is 0 Å². The van der Waals surface area contributed by atoms with E-state index in [4.69, 9.17) is 0 Å². The molecule has 0 aromatic heterocycles. The summed E-state index contributed by atoms with van der Waals surface area (Å²) in [6.45, 7) is 7.98. The van der Waals surface area contributed by atoms with E-state index in [-0.39, 0.29) is 11.3 Å². The molecule has 0 atom stereocenters. The molecule has 1 fully saturated rings. The Kier molecular flexibility index (Phi) is 8.62. The largest absolute Gasteiger partial charge is 0.463 e. The molecular weight excluding hydrogens is 232 g/mol. The molecular formula is C14H22O4. The van der Waals surface area contributed by atoms with E-state index >= 15 is 0 Å². The van der Waals surface area contributed by atoms with Crippen LogP contribution >= 0.6 is 0 Å². The van der Waals surface area contributed by atoms with E-state index in [1.54, 1.807) is 0 Å². The molecule has 1 rings (SSSR count). The van der Waals surface area contributed by atoms with Crippen molar-refractivity contribution in [3.05, 3.63) is 24.5 Å². The Morgan fingerprint density at radius 2 is 1.28 bits per heavy atom. The fraction of sp³-hybridized carbons (Fsp3) is 0.571. The SMILES string of the molecule is C1CCCCC1.C=C(C)C(=O)OC(=C)C(=O)OC. The summed E-state index contributed by atoms with van der Waals surface area (Å²) in [7, 11) is 1.17. The monoisotopic (exact) mass is 254 g/mol. The molecule has 0 bridgehead atoms. The van der Waals surface area contributed by atoms with Crippen LogP contribution in [0.1, 0.15) is 45.4 Å². The number of hydrogen-bond donors (Lipinski definition) is 0. The summed E-state index contributed by atoms with van der Waals surface area (Å²) >= 11 is 0. The van der Waals surface area contributed by atoms with Crippen molar-refractivity contribution >= 4 is 11.9 Å². The Morgan fingerprint density at radius 1 is 0.889 bits per heavy atom. The van der Waals surface area contributed by atoms with E-state index in [0.29, 0.717) is 0 Å². The third-order valence-electron chi connectivity index (χ3n) is 2.48. The first-order valence-corrected chi connectivity index (χ1v) is 6.14. The van der Waals surface area contributed by atoms with Crippen molar-refractivity contribution in [3.63, 3.8) is 0 Å². The van der Waals surface area contributed by atoms with Gasteiger partial charge in [0.2, 0.25) is 5.76 Å². The molecule has 4 nitrogen and oxygen atoms in total. The van der Waals surface area contributed by atoms with E-state index < -0.39 is 11.9 Å². The second-order valence-corrected chi connectivity index (χ2v) is 4.21. The molecule has 0 aliphatic heterocycles. The second-order valence-electron chi connectivity index (χ2n) is 4.21. The number of hydrogen-bond acceptors (Lipinski definition) is 4. The fourth-order valence-corrected chi connectivity index (χ4v) is 1.42. The molecule has 102 valence electrons. The minimum atomic E-state index is -0.774. The average Bonchev–Trinajstić information content (AvgIpc) is 2.40. The maximum atomic E-state index is 10.8. The van der Waals surface area contributed by atoms with Gasteiger partial charge in [0.05, 0.1) is 7.11 Å². The Hall–Kier alpha value is -1.58. The van der Waals surface area contributed by atoms with Crippen LogP contribution in [0.4, 0.5) is 0 Å². The zero-order valence-electron chi connectivity index (χ0n) is 11.3. The zero-order chi connectivity index (χ0) is 14.0. The van der Waals surface area contributed by atoms with Crippen LogP contribution in [-0.2, 0) is 19.1 Å². The Morgan fingerprint density at radius 3 is 1.56 bits per heavy atom. The van der Waals surface area contributed by atoms with Crippen LogP contribution in [0.5, 0.6) is 0 Å². The second kappa shape index (κ2) is 9.45. The molecule has 1 aliphatic rings. The van der Waals surface area contributed by atoms with Crippen molar-refractivity contribution < 1.29 is 19.1 Å². The van der Waals surface area contributed by atoms with Crippen LogP contribution in [0, 0.1) is 0 Å². The topological polar surface area (TPSA) is 52.6 Å². The van der Waals surface area contributed by atoms with Crippen LogP contribution < -0.4 is 0 Å². The van der Waals surface area contributed by atoms with E-state index in [9.17, 15) is 9.59 Å². The van der Waals surface area contributed by atoms with Gasteiger partial charge in [0.15, 0.2) is 0 Å². The van der Waals surface area contributed by atoms with Crippen molar-refractivity contribution in [2.24, 2.45) is 0 Å². The Balaban J connectivity index is 0.000000397. The van der Waals surface area contributed by atoms with Crippen molar-refractivity contribution in [2.75, 3.05) is 7.11 Å². The highest BCUT2D eigenvalue weighted by molar-refractivity contribution is 5.93. The Labute approximate surface area is 109 Å². The fourth-order valence-electron chi connectivity index (χ4n) is 1.42. The van der Waals surface area contributed by atoms with Gasteiger partial charge in [0.25, 0.3) is 0 Å². The first-order valence-electron chi connectivity index (χ1n) is 6.14. The molecule has 0 radical (unpaired) electrons. The van der Waals surface area contributed by atoms with Crippen LogP contribution in [-0.4, -0.2) is 19.0 Å². The molecule has 0 heterocycles. The van der Waals surface area contributed by atoms with Gasteiger partial charge in [-0.15, -0.1) is 0 Å². The van der Waals surface area contributed by atoms with Gasteiger partial charge in [-0.05, 0) is 13.5 Å². The maximum Gasteiger partial charge on any atom is 0.373 e. The van der Waals surface area contributed by atoms with Gasteiger partial charge in [-0.25, -0.2) is 9.59 Å². The smallest absolute Gasteiger partial charge is 0.373 e. The third-order valence-corrected chi connectivity index (χ3v) is 2.48. The quantitative estimate of drug-likeness (QED) is 0.441. The predicted molar refractivity (Wildman–Crippen MR) is 69.8 cm³/mol. The lowest BCUT2D eigenvalue weighted by molar-refractivity contribution is -0.147. The molecule has 0 N–H and O–H groups in total. The molecule has 0 aromatic rings. The van der Waals surface area contributed by atoms with E-state index in [1.807, 2.05) is 0 Å². The summed E-state index contributed by atoms with van der Waals surface area (Å²) in [5, 5.41) is 0. The number of carbonyl (C=O) groups excluding carboxylic acids is 2. The molecule has 0 aromatic carbocycles. The highest BCUT2D eigenvalue weighted by atomic mass is 16.6. The molecule has 4 heteroatoms. The van der Waals surface area contributed by atoms with Crippen LogP contribution in [0.15, 0.2) is 24.5 Å². The van der Waals surface area contributed by atoms with Gasteiger partial charge in [-0.3, -0.25) is 0 Å². The normalized spacial score (nSPS) is 13.7. The summed E-state index contributed by atoms with van der Waals surface area (Å²) in [4.78, 5) is 21.4. The van der Waals surface area contributed by atoms with Gasteiger partial charge in [-0.2, -0.15) is 0 Å². The lowest BCUT2D eigenvalue weighted by Crippen LogP contribution is -2.12. The van der Waals surface area contributed by atoms with E-state index in [1.165, 1.54) is 52.6 Å². The molecule has 18 heavy (non-hydrogen) atoms. The first kappa shape index (κ1) is 16.4. The summed E-state index contributed by atoms with van der Waals surface area (Å²) in [5.74, 6) is -1.81. The summed E-state index contributed by atoms with van der Waals surface area (Å²) in [6, 6.07) is 0. The zero-order valence-corrected chi connectivity index (χ0v) is 11.3. The summed E-state index contributed by atoms with van der Waals surface area (Å²) in [6.07, 6.45) is 9.00. The number of rotatable bonds is 3. The lowest BCUT2D eigenvalue weighted by atomic mass is 10.0. The van der Waals surface area contributed by atoms with E-state index in [0.717, 1.165) is 0 Å². The molecule has 1 saturated carbocycles. The lowest BCUT2D eigenvalue weighted by Gasteiger charge is -2.05. The predicted octanol–water partition coefficient (Wildman–Crippen LogP) is 3.13. The third kappa shape index (κ3) is 7.65. The van der Waals surface area contributed by atoms with E-state index in [2.05, 4.69) is 22.6 Å². The molecule has 0 saturated heterocycles. The minimum absolute atomic E-state index is 0.194. The first-order chi connectivity index (χ1) is 8.49. The van der Waals surface area contributed by atoms with Gasteiger partial charge >= 0.3 is 11.9 Å². The van der Waals surface area contributed by atoms with Crippen molar-refractivity contribution in [2.45, 2.75) is 45.4 Å². The van der Waals surface area contributed by atoms with Crippen molar-refractivity contribution in [1.29, 1.82) is 0 Å². The molecule has 0 spiro atoms. The van der Waals surface area contributed by atoms with Crippen LogP contribution in [0.3, 0.4) is 0 Å². The average molecular weight is 254 g/mol.